The van der Waals surface area contributed by atoms with Gasteiger partial charge in [-0.1, -0.05) is 72.5 Å². The number of thioether (sulfide) groups is 1. The van der Waals surface area contributed by atoms with E-state index < -0.39 is 5.92 Å². The fraction of sp³-hybridized carbons (Fsp3) is 0.250. The van der Waals surface area contributed by atoms with E-state index in [1.165, 1.54) is 28.7 Å². The zero-order valence-corrected chi connectivity index (χ0v) is 22.4. The number of nitrogens with zero attached hydrogens (tertiary/aromatic N) is 4. The standard InChI is InChI=1S/C28H26N6O2S2/c1-2-17-11-13-18(14-12-17)24-20(15-29)26(30)34(21-9-6-10-22(35)25(21)24)27-32-33-28(38-27)37-16-23(36)31-19-7-4-3-5-8-19/h3-5,7-8,11-14,24H,2,6,9-10,16,30H2,1H3,(H,31,36). The number of nitrogens with one attached hydrogen (secondary N) is 1. The molecular formula is C28H26N6O2S2. The summed E-state index contributed by atoms with van der Waals surface area (Å²) in [5.41, 5.74) is 11.1. The number of Topliss-reactive ketones (excluding diaryl/α,β-unsaturated/α-hetero) is 1. The van der Waals surface area contributed by atoms with Crippen LogP contribution in [0.15, 0.2) is 81.6 Å². The molecule has 0 radical (unpaired) electrons. The number of hydrogen-bond acceptors (Lipinski definition) is 9. The SMILES string of the molecule is CCc1ccc(C2C(C#N)=C(N)N(c3nnc(SCC(=O)Nc4ccccc4)s3)C3=C2C(=O)CCC3)cc1. The number of para-hydroxylation sites is 1. The van der Waals surface area contributed by atoms with Crippen LogP contribution in [0, 0.1) is 11.3 Å². The molecule has 10 heteroatoms. The van der Waals surface area contributed by atoms with Gasteiger partial charge in [-0.05, 0) is 42.5 Å². The molecular weight excluding hydrogens is 516 g/mol. The number of amides is 1. The number of hydrogen-bond donors (Lipinski definition) is 2. The van der Waals surface area contributed by atoms with Crippen molar-refractivity contribution in [1.82, 2.24) is 10.2 Å². The first-order valence-corrected chi connectivity index (χ1v) is 14.2. The Hall–Kier alpha value is -3.94. The lowest BCUT2D eigenvalue weighted by molar-refractivity contribution is -0.116. The Labute approximate surface area is 229 Å². The highest BCUT2D eigenvalue weighted by atomic mass is 32.2. The maximum Gasteiger partial charge on any atom is 0.234 e. The molecule has 2 heterocycles. The van der Waals surface area contributed by atoms with Crippen LogP contribution in [-0.4, -0.2) is 27.6 Å². The van der Waals surface area contributed by atoms with Crippen molar-refractivity contribution in [2.45, 2.75) is 42.9 Å². The second-order valence-corrected chi connectivity index (χ2v) is 11.1. The molecule has 1 amide bonds. The number of anilines is 2. The smallest absolute Gasteiger partial charge is 0.234 e. The van der Waals surface area contributed by atoms with E-state index in [-0.39, 0.29) is 23.3 Å². The van der Waals surface area contributed by atoms with Crippen LogP contribution >= 0.6 is 23.1 Å². The van der Waals surface area contributed by atoms with E-state index in [9.17, 15) is 14.9 Å². The van der Waals surface area contributed by atoms with Crippen LogP contribution in [0.25, 0.3) is 0 Å². The van der Waals surface area contributed by atoms with Gasteiger partial charge >= 0.3 is 0 Å². The van der Waals surface area contributed by atoms with E-state index in [2.05, 4.69) is 28.5 Å². The van der Waals surface area contributed by atoms with E-state index in [1.54, 1.807) is 4.90 Å². The summed E-state index contributed by atoms with van der Waals surface area (Å²) >= 11 is 2.55. The topological polar surface area (TPSA) is 125 Å². The molecule has 1 aliphatic carbocycles. The summed E-state index contributed by atoms with van der Waals surface area (Å²) < 4.78 is 0.594. The molecule has 0 bridgehead atoms. The van der Waals surface area contributed by atoms with Gasteiger partial charge in [-0.15, -0.1) is 10.2 Å². The Morgan fingerprint density at radius 2 is 1.95 bits per heavy atom. The number of carbonyl (C=O) groups is 2. The van der Waals surface area contributed by atoms with Crippen molar-refractivity contribution >= 4 is 45.6 Å². The van der Waals surface area contributed by atoms with Gasteiger partial charge in [-0.3, -0.25) is 14.5 Å². The summed E-state index contributed by atoms with van der Waals surface area (Å²) in [4.78, 5) is 27.4. The number of aromatic nitrogens is 2. The maximum absolute atomic E-state index is 13.3. The molecule has 0 saturated carbocycles. The third kappa shape index (κ3) is 5.08. The van der Waals surface area contributed by atoms with Crippen LogP contribution in [-0.2, 0) is 16.0 Å². The molecule has 1 unspecified atom stereocenters. The molecule has 3 aromatic rings. The fourth-order valence-corrected chi connectivity index (χ4v) is 6.46. The lowest BCUT2D eigenvalue weighted by Gasteiger charge is -2.38. The maximum atomic E-state index is 13.3. The molecule has 8 nitrogen and oxygen atoms in total. The molecule has 38 heavy (non-hydrogen) atoms. The van der Waals surface area contributed by atoms with Crippen molar-refractivity contribution in [3.05, 3.63) is 88.4 Å². The Balaban J connectivity index is 1.43. The van der Waals surface area contributed by atoms with Crippen molar-refractivity contribution in [3.63, 3.8) is 0 Å². The summed E-state index contributed by atoms with van der Waals surface area (Å²) in [7, 11) is 0. The van der Waals surface area contributed by atoms with E-state index >= 15 is 0 Å². The van der Waals surface area contributed by atoms with E-state index in [0.29, 0.717) is 39.9 Å². The van der Waals surface area contributed by atoms with Gasteiger partial charge in [-0.2, -0.15) is 5.26 Å². The first-order valence-electron chi connectivity index (χ1n) is 12.4. The highest BCUT2D eigenvalue weighted by Crippen LogP contribution is 2.47. The number of benzene rings is 2. The Kier molecular flexibility index (Phi) is 7.58. The van der Waals surface area contributed by atoms with E-state index in [4.69, 9.17) is 5.73 Å². The average molecular weight is 543 g/mol. The Morgan fingerprint density at radius 3 is 2.66 bits per heavy atom. The quantitative estimate of drug-likeness (QED) is 0.394. The number of rotatable bonds is 7. The molecule has 5 rings (SSSR count). The normalized spacial score (nSPS) is 17.3. The predicted molar refractivity (Wildman–Crippen MR) is 149 cm³/mol. The molecule has 2 aromatic carbocycles. The summed E-state index contributed by atoms with van der Waals surface area (Å²) in [5, 5.41) is 22.1. The van der Waals surface area contributed by atoms with E-state index in [0.717, 1.165) is 23.4 Å². The number of aryl methyl sites for hydroxylation is 1. The number of allylic oxidation sites excluding steroid dienone is 3. The third-order valence-electron chi connectivity index (χ3n) is 6.61. The average Bonchev–Trinajstić information content (AvgIpc) is 3.40. The second kappa shape index (κ2) is 11.2. The van der Waals surface area contributed by atoms with Crippen LogP contribution < -0.4 is 16.0 Å². The second-order valence-electron chi connectivity index (χ2n) is 8.96. The Bertz CT molecular complexity index is 1470. The number of nitriles is 1. The highest BCUT2D eigenvalue weighted by molar-refractivity contribution is 8.01. The van der Waals surface area contributed by atoms with Gasteiger partial charge in [0.05, 0.1) is 23.3 Å². The molecule has 1 aromatic heterocycles. The number of nitrogens with two attached hydrogens (primary N) is 1. The Morgan fingerprint density at radius 1 is 1.18 bits per heavy atom. The van der Waals surface area contributed by atoms with Gasteiger partial charge in [0, 0.05) is 23.4 Å². The van der Waals surface area contributed by atoms with Crippen LogP contribution in [0.5, 0.6) is 0 Å². The van der Waals surface area contributed by atoms with Crippen molar-refractivity contribution in [2.75, 3.05) is 16.0 Å². The minimum atomic E-state index is -0.506. The van der Waals surface area contributed by atoms with Crippen molar-refractivity contribution in [3.8, 4) is 6.07 Å². The monoisotopic (exact) mass is 542 g/mol. The molecule has 1 atom stereocenters. The van der Waals surface area contributed by atoms with Crippen LogP contribution in [0.1, 0.15) is 43.2 Å². The van der Waals surface area contributed by atoms with Gasteiger partial charge in [0.2, 0.25) is 11.0 Å². The zero-order valence-electron chi connectivity index (χ0n) is 20.8. The van der Waals surface area contributed by atoms with Crippen LogP contribution in [0.4, 0.5) is 10.8 Å². The van der Waals surface area contributed by atoms with Crippen molar-refractivity contribution in [2.24, 2.45) is 5.73 Å². The van der Waals surface area contributed by atoms with E-state index in [1.807, 2.05) is 54.6 Å². The summed E-state index contributed by atoms with van der Waals surface area (Å²) in [6, 6.07) is 19.6. The molecule has 3 N–H and O–H groups in total. The van der Waals surface area contributed by atoms with Gasteiger partial charge in [-0.25, -0.2) is 0 Å². The van der Waals surface area contributed by atoms with Crippen molar-refractivity contribution in [1.29, 1.82) is 5.26 Å². The van der Waals surface area contributed by atoms with Gasteiger partial charge in [0.1, 0.15) is 5.82 Å². The molecule has 0 saturated heterocycles. The first kappa shape index (κ1) is 25.7. The van der Waals surface area contributed by atoms with Crippen molar-refractivity contribution < 1.29 is 9.59 Å². The highest BCUT2D eigenvalue weighted by Gasteiger charge is 2.41. The number of carbonyl (C=O) groups excluding carboxylic acids is 2. The minimum Gasteiger partial charge on any atom is -0.384 e. The predicted octanol–water partition coefficient (Wildman–Crippen LogP) is 5.14. The summed E-state index contributed by atoms with van der Waals surface area (Å²) in [5.74, 6) is -0.200. The molecule has 192 valence electrons. The molecule has 2 aliphatic rings. The molecule has 0 fully saturated rings. The fourth-order valence-electron chi connectivity index (χ4n) is 4.78. The van der Waals surface area contributed by atoms with Gasteiger partial charge in [0.25, 0.3) is 0 Å². The van der Waals surface area contributed by atoms with Crippen LogP contribution in [0.2, 0.25) is 0 Å². The summed E-state index contributed by atoms with van der Waals surface area (Å²) in [6.07, 6.45) is 2.68. The summed E-state index contributed by atoms with van der Waals surface area (Å²) in [6.45, 7) is 2.09. The largest absolute Gasteiger partial charge is 0.384 e. The third-order valence-corrected chi connectivity index (χ3v) is 8.65. The molecule has 1 aliphatic heterocycles. The minimum absolute atomic E-state index is 0.0257. The lowest BCUT2D eigenvalue weighted by Crippen LogP contribution is -2.38. The zero-order chi connectivity index (χ0) is 26.6. The van der Waals surface area contributed by atoms with Crippen LogP contribution in [0.3, 0.4) is 0 Å². The number of ketones is 1. The van der Waals surface area contributed by atoms with Gasteiger partial charge < -0.3 is 11.1 Å². The molecule has 0 spiro atoms. The first-order chi connectivity index (χ1) is 18.5. The lowest BCUT2D eigenvalue weighted by atomic mass is 9.75. The van der Waals surface area contributed by atoms with Gasteiger partial charge in [0.15, 0.2) is 10.1 Å².